The zero-order chi connectivity index (χ0) is 24.9. The number of fused-ring (bicyclic) bond motifs is 2. The lowest BCUT2D eigenvalue weighted by atomic mass is 10.3. The molecule has 178 valence electrons. The van der Waals surface area contributed by atoms with Crippen LogP contribution in [0.25, 0.3) is 33.4 Å². The van der Waals surface area contributed by atoms with Crippen molar-refractivity contribution >= 4 is 33.6 Å². The average Bonchev–Trinajstić information content (AvgIpc) is 3.75. The predicted molar refractivity (Wildman–Crippen MR) is 132 cm³/mol. The number of H-pyrrole nitrogens is 2. The van der Waals surface area contributed by atoms with E-state index in [2.05, 4.69) is 29.9 Å². The van der Waals surface area contributed by atoms with Gasteiger partial charge in [0.2, 0.25) is 0 Å². The van der Waals surface area contributed by atoms with Crippen LogP contribution in [0.1, 0.15) is 32.8 Å². The molecule has 0 saturated carbocycles. The van der Waals surface area contributed by atoms with Crippen molar-refractivity contribution in [2.24, 2.45) is 0 Å². The largest absolute Gasteiger partial charge is 0.449 e. The SMILES string of the molecule is O=C(c1nc2ccc(-n3ccnc3)cc2[nH]1)c1ccc(C(=O)c2nc3ccc(-n4ccnc4)cc3[nH]2)o1. The number of nitrogens with one attached hydrogen (secondary N) is 2. The summed E-state index contributed by atoms with van der Waals surface area (Å²) in [6, 6.07) is 14.1. The van der Waals surface area contributed by atoms with Gasteiger partial charge in [-0.15, -0.1) is 0 Å². The Balaban J connectivity index is 1.15. The van der Waals surface area contributed by atoms with Crippen LogP contribution in [0, 0.1) is 0 Å². The van der Waals surface area contributed by atoms with E-state index in [1.54, 1.807) is 25.0 Å². The van der Waals surface area contributed by atoms with E-state index in [9.17, 15) is 9.59 Å². The molecule has 11 heteroatoms. The van der Waals surface area contributed by atoms with Crippen molar-refractivity contribution in [3.8, 4) is 11.4 Å². The van der Waals surface area contributed by atoms with Gasteiger partial charge < -0.3 is 23.5 Å². The highest BCUT2D eigenvalue weighted by Crippen LogP contribution is 2.22. The number of rotatable bonds is 6. The molecule has 0 bridgehead atoms. The molecule has 5 aromatic heterocycles. The van der Waals surface area contributed by atoms with Gasteiger partial charge in [0.05, 0.1) is 34.7 Å². The summed E-state index contributed by atoms with van der Waals surface area (Å²) in [5.41, 5.74) is 4.40. The Morgan fingerprint density at radius 3 is 1.59 bits per heavy atom. The van der Waals surface area contributed by atoms with Crippen LogP contribution in [0.15, 0.2) is 90.4 Å². The van der Waals surface area contributed by atoms with Gasteiger partial charge in [0.1, 0.15) is 0 Å². The van der Waals surface area contributed by atoms with Gasteiger partial charge in [-0.1, -0.05) is 0 Å². The minimum absolute atomic E-state index is 0.00394. The molecule has 37 heavy (non-hydrogen) atoms. The normalized spacial score (nSPS) is 11.5. The highest BCUT2D eigenvalue weighted by atomic mass is 16.4. The molecule has 5 heterocycles. The van der Waals surface area contributed by atoms with Crippen LogP contribution in [-0.4, -0.2) is 50.6 Å². The first-order valence-electron chi connectivity index (χ1n) is 11.3. The van der Waals surface area contributed by atoms with Crippen LogP contribution < -0.4 is 0 Å². The molecule has 11 nitrogen and oxygen atoms in total. The van der Waals surface area contributed by atoms with Crippen molar-refractivity contribution in [2.45, 2.75) is 0 Å². The van der Waals surface area contributed by atoms with Crippen molar-refractivity contribution in [1.82, 2.24) is 39.0 Å². The number of aromatic amines is 2. The Morgan fingerprint density at radius 2 is 1.16 bits per heavy atom. The van der Waals surface area contributed by atoms with Crippen molar-refractivity contribution in [1.29, 1.82) is 0 Å². The van der Waals surface area contributed by atoms with Gasteiger partial charge in [0.25, 0.3) is 11.6 Å². The summed E-state index contributed by atoms with van der Waals surface area (Å²) in [4.78, 5) is 49.0. The first-order chi connectivity index (χ1) is 18.1. The second-order valence-electron chi connectivity index (χ2n) is 8.34. The number of ketones is 2. The van der Waals surface area contributed by atoms with Crippen LogP contribution >= 0.6 is 0 Å². The highest BCUT2D eigenvalue weighted by Gasteiger charge is 2.23. The molecule has 2 aromatic carbocycles. The van der Waals surface area contributed by atoms with Gasteiger partial charge in [-0.3, -0.25) is 9.59 Å². The predicted octanol–water partition coefficient (Wildman–Crippen LogP) is 3.87. The Hall–Kier alpha value is -5.58. The summed E-state index contributed by atoms with van der Waals surface area (Å²) in [6.07, 6.45) is 10.4. The Kier molecular flexibility index (Phi) is 4.48. The molecule has 0 saturated heterocycles. The molecule has 2 N–H and O–H groups in total. The summed E-state index contributed by atoms with van der Waals surface area (Å²) in [5.74, 6) is -0.710. The van der Waals surface area contributed by atoms with E-state index in [0.717, 1.165) is 11.4 Å². The van der Waals surface area contributed by atoms with Crippen molar-refractivity contribution in [3.05, 3.63) is 109 Å². The van der Waals surface area contributed by atoms with Crippen LogP contribution in [0.3, 0.4) is 0 Å². The molecule has 0 aliphatic heterocycles. The van der Waals surface area contributed by atoms with Gasteiger partial charge >= 0.3 is 0 Å². The van der Waals surface area contributed by atoms with Gasteiger partial charge in [0, 0.05) is 36.2 Å². The zero-order valence-corrected chi connectivity index (χ0v) is 19.0. The number of imidazole rings is 4. The van der Waals surface area contributed by atoms with Gasteiger partial charge in [-0.05, 0) is 48.5 Å². The van der Waals surface area contributed by atoms with E-state index in [4.69, 9.17) is 4.42 Å². The zero-order valence-electron chi connectivity index (χ0n) is 19.0. The van der Waals surface area contributed by atoms with E-state index >= 15 is 0 Å². The van der Waals surface area contributed by atoms with Crippen LogP contribution in [0.2, 0.25) is 0 Å². The molecule has 0 unspecified atom stereocenters. The first kappa shape index (κ1) is 20.8. The Labute approximate surface area is 207 Å². The fraction of sp³-hybridized carbons (Fsp3) is 0. The fourth-order valence-electron chi connectivity index (χ4n) is 4.17. The lowest BCUT2D eigenvalue weighted by Gasteiger charge is -2.00. The number of nitrogens with zero attached hydrogens (tertiary/aromatic N) is 6. The second-order valence-corrected chi connectivity index (χ2v) is 8.34. The fourth-order valence-corrected chi connectivity index (χ4v) is 4.17. The minimum atomic E-state index is -0.464. The Morgan fingerprint density at radius 1 is 0.676 bits per heavy atom. The number of hydrogen-bond acceptors (Lipinski definition) is 7. The van der Waals surface area contributed by atoms with E-state index in [-0.39, 0.29) is 23.2 Å². The number of furan rings is 1. The highest BCUT2D eigenvalue weighted by molar-refractivity contribution is 6.09. The number of hydrogen-bond donors (Lipinski definition) is 2. The monoisotopic (exact) mass is 488 g/mol. The summed E-state index contributed by atoms with van der Waals surface area (Å²) >= 11 is 0. The number of carbonyl (C=O) groups is 2. The first-order valence-corrected chi connectivity index (χ1v) is 11.3. The van der Waals surface area contributed by atoms with E-state index < -0.39 is 11.6 Å². The lowest BCUT2D eigenvalue weighted by molar-refractivity contribution is 0.0977. The molecule has 0 atom stereocenters. The standard InChI is InChI=1S/C26H16N8O3/c35-23(25-29-17-3-1-15(11-19(17)31-25)33-9-7-27-13-33)21-5-6-22(37-21)24(36)26-30-18-4-2-16(12-20(18)32-26)34-10-8-28-14-34/h1-14H,(H,29,31)(H,30,32). The summed E-state index contributed by atoms with van der Waals surface area (Å²) in [7, 11) is 0. The molecule has 0 aliphatic carbocycles. The number of aromatic nitrogens is 8. The molecule has 7 aromatic rings. The van der Waals surface area contributed by atoms with Crippen molar-refractivity contribution < 1.29 is 14.0 Å². The lowest BCUT2D eigenvalue weighted by Crippen LogP contribution is -2.04. The van der Waals surface area contributed by atoms with Gasteiger partial charge in [-0.2, -0.15) is 0 Å². The topological polar surface area (TPSA) is 140 Å². The molecule has 0 spiro atoms. The third-order valence-electron chi connectivity index (χ3n) is 6.02. The quantitative estimate of drug-likeness (QED) is 0.339. The maximum atomic E-state index is 13.0. The third kappa shape index (κ3) is 3.53. The average molecular weight is 488 g/mol. The molecule has 0 aliphatic rings. The summed E-state index contributed by atoms with van der Waals surface area (Å²) in [6.45, 7) is 0. The summed E-state index contributed by atoms with van der Waals surface area (Å²) in [5, 5.41) is 0. The van der Waals surface area contributed by atoms with Crippen LogP contribution in [-0.2, 0) is 0 Å². The minimum Gasteiger partial charge on any atom is -0.449 e. The molecular formula is C26H16N8O3. The van der Waals surface area contributed by atoms with E-state index in [0.29, 0.717) is 22.1 Å². The maximum absolute atomic E-state index is 13.0. The van der Waals surface area contributed by atoms with Crippen LogP contribution in [0.4, 0.5) is 0 Å². The van der Waals surface area contributed by atoms with E-state index in [1.807, 2.05) is 57.9 Å². The number of carbonyl (C=O) groups excluding carboxylic acids is 2. The second kappa shape index (κ2) is 7.99. The maximum Gasteiger partial charge on any atom is 0.263 e. The van der Waals surface area contributed by atoms with Crippen LogP contribution in [0.5, 0.6) is 0 Å². The number of benzene rings is 2. The smallest absolute Gasteiger partial charge is 0.263 e. The van der Waals surface area contributed by atoms with E-state index in [1.165, 1.54) is 12.1 Å². The van der Waals surface area contributed by atoms with Crippen molar-refractivity contribution in [3.63, 3.8) is 0 Å². The molecule has 0 fully saturated rings. The Bertz CT molecular complexity index is 1780. The van der Waals surface area contributed by atoms with Gasteiger partial charge in [-0.25, -0.2) is 19.9 Å². The molecule has 0 radical (unpaired) electrons. The third-order valence-corrected chi connectivity index (χ3v) is 6.02. The molecule has 7 rings (SSSR count). The molecule has 0 amide bonds. The van der Waals surface area contributed by atoms with Gasteiger partial charge in [0.15, 0.2) is 23.2 Å². The summed E-state index contributed by atoms with van der Waals surface area (Å²) < 4.78 is 9.33. The van der Waals surface area contributed by atoms with Crippen molar-refractivity contribution in [2.75, 3.05) is 0 Å². The molecular weight excluding hydrogens is 472 g/mol.